The first kappa shape index (κ1) is 9.10. The van der Waals surface area contributed by atoms with Gasteiger partial charge in [0.2, 0.25) is 5.88 Å². The second-order valence-corrected chi connectivity index (χ2v) is 3.42. The molecule has 0 atom stereocenters. The molecule has 0 spiro atoms. The zero-order chi connectivity index (χ0) is 9.14. The average molecular weight is 168 g/mol. The third kappa shape index (κ3) is 1.78. The molecule has 3 nitrogen and oxygen atoms in total. The molecule has 0 aliphatic carbocycles. The number of nitrogens with zero attached hydrogens (tertiary/aromatic N) is 2. The van der Waals surface area contributed by atoms with Crippen molar-refractivity contribution in [3.63, 3.8) is 0 Å². The molecule has 0 radical (unpaired) electrons. The van der Waals surface area contributed by atoms with Crippen LogP contribution >= 0.6 is 0 Å². The van der Waals surface area contributed by atoms with Gasteiger partial charge in [0.15, 0.2) is 0 Å². The van der Waals surface area contributed by atoms with E-state index in [1.807, 2.05) is 6.92 Å². The summed E-state index contributed by atoms with van der Waals surface area (Å²) in [7, 11) is 0. The van der Waals surface area contributed by atoms with Crippen LogP contribution in [-0.4, -0.2) is 14.9 Å². The van der Waals surface area contributed by atoms with E-state index >= 15 is 0 Å². The topological polar surface area (TPSA) is 38.0 Å². The Morgan fingerprint density at radius 1 is 1.58 bits per heavy atom. The number of hydrogen-bond acceptors (Lipinski definition) is 2. The van der Waals surface area contributed by atoms with Crippen molar-refractivity contribution in [1.82, 2.24) is 9.78 Å². The van der Waals surface area contributed by atoms with Crippen LogP contribution in [-0.2, 0) is 13.0 Å². The second kappa shape index (κ2) is 3.61. The fourth-order valence-corrected chi connectivity index (χ4v) is 1.15. The third-order valence-corrected chi connectivity index (χ3v) is 1.80. The maximum absolute atomic E-state index is 9.58. The minimum absolute atomic E-state index is 0.325. The second-order valence-electron chi connectivity index (χ2n) is 3.42. The minimum atomic E-state index is 0.325. The number of aromatic nitrogens is 2. The van der Waals surface area contributed by atoms with Crippen molar-refractivity contribution in [2.45, 2.75) is 33.7 Å². The smallest absolute Gasteiger partial charge is 0.212 e. The van der Waals surface area contributed by atoms with E-state index in [4.69, 9.17) is 0 Å². The van der Waals surface area contributed by atoms with E-state index in [9.17, 15) is 5.11 Å². The quantitative estimate of drug-likeness (QED) is 0.747. The average Bonchev–Trinajstić information content (AvgIpc) is 2.32. The fraction of sp³-hybridized carbons (Fsp3) is 0.667. The summed E-state index contributed by atoms with van der Waals surface area (Å²) in [5.74, 6) is 0.840. The van der Waals surface area contributed by atoms with Gasteiger partial charge in [0.05, 0.1) is 6.20 Å². The van der Waals surface area contributed by atoms with E-state index in [-0.39, 0.29) is 0 Å². The third-order valence-electron chi connectivity index (χ3n) is 1.80. The Morgan fingerprint density at radius 2 is 2.25 bits per heavy atom. The Labute approximate surface area is 73.0 Å². The van der Waals surface area contributed by atoms with Gasteiger partial charge in [-0.25, -0.2) is 4.68 Å². The molecule has 1 rings (SSSR count). The predicted molar refractivity (Wildman–Crippen MR) is 48.1 cm³/mol. The zero-order valence-corrected chi connectivity index (χ0v) is 7.91. The summed E-state index contributed by atoms with van der Waals surface area (Å²) in [5.41, 5.74) is 0.927. The molecule has 0 unspecified atom stereocenters. The van der Waals surface area contributed by atoms with Crippen molar-refractivity contribution in [3.05, 3.63) is 11.8 Å². The van der Waals surface area contributed by atoms with Crippen LogP contribution < -0.4 is 0 Å². The summed E-state index contributed by atoms with van der Waals surface area (Å²) in [6.45, 7) is 7.00. The monoisotopic (exact) mass is 168 g/mol. The minimum Gasteiger partial charge on any atom is -0.493 e. The summed E-state index contributed by atoms with van der Waals surface area (Å²) < 4.78 is 1.66. The fourth-order valence-electron chi connectivity index (χ4n) is 1.15. The molecule has 1 heterocycles. The molecule has 68 valence electrons. The van der Waals surface area contributed by atoms with Crippen molar-refractivity contribution < 1.29 is 5.11 Å². The Morgan fingerprint density at radius 3 is 2.67 bits per heavy atom. The molecule has 0 fully saturated rings. The Balaban J connectivity index is 2.80. The largest absolute Gasteiger partial charge is 0.493 e. The molecule has 1 aromatic heterocycles. The Bertz CT molecular complexity index is 253. The standard InChI is InChI=1S/C9H16N2O/c1-4-8-5-10-11(9(8)12)6-7(2)3/h5,7,12H,4,6H2,1-3H3. The summed E-state index contributed by atoms with van der Waals surface area (Å²) in [6, 6.07) is 0. The van der Waals surface area contributed by atoms with Gasteiger partial charge in [-0.05, 0) is 12.3 Å². The van der Waals surface area contributed by atoms with Gasteiger partial charge in [-0.15, -0.1) is 0 Å². The highest BCUT2D eigenvalue weighted by molar-refractivity contribution is 5.22. The number of rotatable bonds is 3. The highest BCUT2D eigenvalue weighted by Gasteiger charge is 2.07. The van der Waals surface area contributed by atoms with Crippen LogP contribution in [0, 0.1) is 5.92 Å². The SMILES string of the molecule is CCc1cnn(CC(C)C)c1O. The number of aromatic hydroxyl groups is 1. The lowest BCUT2D eigenvalue weighted by molar-refractivity contribution is 0.369. The van der Waals surface area contributed by atoms with Crippen LogP contribution in [0.5, 0.6) is 5.88 Å². The van der Waals surface area contributed by atoms with Gasteiger partial charge in [0, 0.05) is 12.1 Å². The van der Waals surface area contributed by atoms with E-state index < -0.39 is 0 Å². The molecular formula is C9H16N2O. The molecule has 1 N–H and O–H groups in total. The molecule has 0 saturated carbocycles. The first-order chi connectivity index (χ1) is 5.65. The van der Waals surface area contributed by atoms with Gasteiger partial charge in [-0.3, -0.25) is 0 Å². The van der Waals surface area contributed by atoms with E-state index in [1.165, 1.54) is 0 Å². The molecule has 0 bridgehead atoms. The van der Waals surface area contributed by atoms with Crippen LogP contribution in [0.3, 0.4) is 0 Å². The molecule has 0 aliphatic heterocycles. The lowest BCUT2D eigenvalue weighted by Gasteiger charge is -2.05. The van der Waals surface area contributed by atoms with Crippen molar-refractivity contribution in [1.29, 1.82) is 0 Å². The van der Waals surface area contributed by atoms with Crippen LogP contribution in [0.4, 0.5) is 0 Å². The van der Waals surface area contributed by atoms with E-state index in [0.717, 1.165) is 18.5 Å². The lowest BCUT2D eigenvalue weighted by atomic mass is 10.2. The molecule has 0 aliphatic rings. The van der Waals surface area contributed by atoms with Crippen LogP contribution in [0.2, 0.25) is 0 Å². The number of aryl methyl sites for hydroxylation is 1. The molecule has 12 heavy (non-hydrogen) atoms. The van der Waals surface area contributed by atoms with E-state index in [1.54, 1.807) is 10.9 Å². The predicted octanol–water partition coefficient (Wildman–Crippen LogP) is 1.81. The van der Waals surface area contributed by atoms with E-state index in [0.29, 0.717) is 11.8 Å². The molecule has 0 amide bonds. The van der Waals surface area contributed by atoms with Gasteiger partial charge in [-0.1, -0.05) is 20.8 Å². The first-order valence-electron chi connectivity index (χ1n) is 4.38. The van der Waals surface area contributed by atoms with Crippen molar-refractivity contribution in [2.75, 3.05) is 0 Å². The zero-order valence-electron chi connectivity index (χ0n) is 7.91. The van der Waals surface area contributed by atoms with Crippen LogP contribution in [0.1, 0.15) is 26.3 Å². The van der Waals surface area contributed by atoms with Crippen molar-refractivity contribution >= 4 is 0 Å². The van der Waals surface area contributed by atoms with Gasteiger partial charge >= 0.3 is 0 Å². The van der Waals surface area contributed by atoms with Crippen molar-refractivity contribution in [2.24, 2.45) is 5.92 Å². The summed E-state index contributed by atoms with van der Waals surface area (Å²) >= 11 is 0. The maximum Gasteiger partial charge on any atom is 0.212 e. The first-order valence-corrected chi connectivity index (χ1v) is 4.38. The molecule has 3 heteroatoms. The van der Waals surface area contributed by atoms with Gasteiger partial charge in [0.25, 0.3) is 0 Å². The van der Waals surface area contributed by atoms with Crippen LogP contribution in [0.25, 0.3) is 0 Å². The van der Waals surface area contributed by atoms with Crippen LogP contribution in [0.15, 0.2) is 6.20 Å². The summed E-state index contributed by atoms with van der Waals surface area (Å²) in [4.78, 5) is 0. The van der Waals surface area contributed by atoms with Gasteiger partial charge in [0.1, 0.15) is 0 Å². The van der Waals surface area contributed by atoms with Gasteiger partial charge in [-0.2, -0.15) is 5.10 Å². The van der Waals surface area contributed by atoms with Crippen molar-refractivity contribution in [3.8, 4) is 5.88 Å². The number of hydrogen-bond donors (Lipinski definition) is 1. The molecule has 1 aromatic rings. The van der Waals surface area contributed by atoms with Gasteiger partial charge < -0.3 is 5.11 Å². The summed E-state index contributed by atoms with van der Waals surface area (Å²) in [6.07, 6.45) is 2.57. The highest BCUT2D eigenvalue weighted by atomic mass is 16.3. The molecular weight excluding hydrogens is 152 g/mol. The maximum atomic E-state index is 9.58. The summed E-state index contributed by atoms with van der Waals surface area (Å²) in [5, 5.41) is 13.7. The normalized spacial score (nSPS) is 11.0. The molecule has 0 aromatic carbocycles. The Kier molecular flexibility index (Phi) is 2.74. The lowest BCUT2D eigenvalue weighted by Crippen LogP contribution is -2.05. The highest BCUT2D eigenvalue weighted by Crippen LogP contribution is 2.17. The molecule has 0 saturated heterocycles. The Hall–Kier alpha value is -0.990. The van der Waals surface area contributed by atoms with E-state index in [2.05, 4.69) is 18.9 Å².